The number of halogens is 1. The van der Waals surface area contributed by atoms with Crippen molar-refractivity contribution < 1.29 is 4.79 Å². The van der Waals surface area contributed by atoms with Crippen molar-refractivity contribution in [2.75, 3.05) is 5.32 Å². The number of nitrogens with zero attached hydrogens (tertiary/aromatic N) is 4. The zero-order chi connectivity index (χ0) is 17.6. The zero-order valence-corrected chi connectivity index (χ0v) is 14.6. The molecule has 25 heavy (non-hydrogen) atoms. The van der Waals surface area contributed by atoms with E-state index in [4.69, 9.17) is 11.8 Å². The van der Waals surface area contributed by atoms with Crippen LogP contribution in [0.1, 0.15) is 48.4 Å². The van der Waals surface area contributed by atoms with Gasteiger partial charge in [0.1, 0.15) is 28.7 Å². The molecule has 2 aliphatic rings. The van der Waals surface area contributed by atoms with Crippen LogP contribution in [-0.4, -0.2) is 24.9 Å². The van der Waals surface area contributed by atoms with Gasteiger partial charge in [0.05, 0.1) is 0 Å². The lowest BCUT2D eigenvalue weighted by Crippen LogP contribution is -2.47. The summed E-state index contributed by atoms with van der Waals surface area (Å²) in [6.07, 6.45) is 5.96. The van der Waals surface area contributed by atoms with E-state index in [0.29, 0.717) is 35.9 Å². The summed E-state index contributed by atoms with van der Waals surface area (Å²) in [5.74, 6) is 0.831. The van der Waals surface area contributed by atoms with E-state index in [1.165, 1.54) is 4.42 Å². The summed E-state index contributed by atoms with van der Waals surface area (Å²) >= 11 is 6.35. The average Bonchev–Trinajstić information content (AvgIpc) is 2.81. The van der Waals surface area contributed by atoms with Crippen LogP contribution in [0.2, 0.25) is 0 Å². The molecular weight excluding hydrogens is 342 g/mol. The Bertz CT molecular complexity index is 904. The molecule has 2 aromatic rings. The molecule has 8 heteroatoms. The Kier molecular flexibility index (Phi) is 3.76. The molecule has 4 rings (SSSR count). The maximum atomic E-state index is 13.1. The Morgan fingerprint density at radius 1 is 1.16 bits per heavy atom. The molecule has 130 valence electrons. The van der Waals surface area contributed by atoms with E-state index in [1.807, 2.05) is 0 Å². The Morgan fingerprint density at radius 3 is 2.64 bits per heavy atom. The highest BCUT2D eigenvalue weighted by molar-refractivity contribution is 6.25. The second-order valence-electron chi connectivity index (χ2n) is 6.52. The van der Waals surface area contributed by atoms with Gasteiger partial charge in [-0.3, -0.25) is 14.2 Å². The summed E-state index contributed by atoms with van der Waals surface area (Å²) in [7, 11) is 0. The topological polar surface area (TPSA) is 80.1 Å². The maximum Gasteiger partial charge on any atom is 0.287 e. The Balaban J connectivity index is 1.82. The predicted molar refractivity (Wildman–Crippen MR) is 93.8 cm³/mol. The standard InChI is InChI=1S/C17H18ClN5O2/c1-11-19-10-7-14(20-11)21-12-5-6-13-16(25)23(18)17(22(13)15(12)24)8-3-2-4-9-17/h5-7,10H,2-4,8-9H2,1H3,(H,19,20,21). The van der Waals surface area contributed by atoms with Crippen molar-refractivity contribution in [2.24, 2.45) is 0 Å². The summed E-state index contributed by atoms with van der Waals surface area (Å²) in [5, 5.41) is 3.04. The molecule has 0 unspecified atom stereocenters. The highest BCUT2D eigenvalue weighted by atomic mass is 35.5. The van der Waals surface area contributed by atoms with Gasteiger partial charge in [0.25, 0.3) is 11.5 Å². The first-order valence-corrected chi connectivity index (χ1v) is 8.70. The van der Waals surface area contributed by atoms with Gasteiger partial charge in [0.2, 0.25) is 0 Å². The first-order valence-electron chi connectivity index (χ1n) is 8.36. The lowest BCUT2D eigenvalue weighted by Gasteiger charge is -2.38. The molecule has 2 aromatic heterocycles. The fraction of sp³-hybridized carbons (Fsp3) is 0.412. The largest absolute Gasteiger partial charge is 0.336 e. The molecule has 1 spiro atoms. The van der Waals surface area contributed by atoms with E-state index in [9.17, 15) is 9.59 Å². The number of pyridine rings is 1. The van der Waals surface area contributed by atoms with Crippen LogP contribution in [0, 0.1) is 6.92 Å². The van der Waals surface area contributed by atoms with Crippen molar-refractivity contribution in [3.63, 3.8) is 0 Å². The number of amides is 1. The van der Waals surface area contributed by atoms with Crippen LogP contribution in [0.4, 0.5) is 11.5 Å². The van der Waals surface area contributed by atoms with Gasteiger partial charge in [-0.2, -0.15) is 0 Å². The molecule has 1 saturated carbocycles. The summed E-state index contributed by atoms with van der Waals surface area (Å²) in [5.41, 5.74) is -0.312. The van der Waals surface area contributed by atoms with Crippen LogP contribution in [0.3, 0.4) is 0 Å². The fourth-order valence-electron chi connectivity index (χ4n) is 3.79. The number of hydrogen-bond acceptors (Lipinski definition) is 5. The minimum absolute atomic E-state index is 0.257. The highest BCUT2D eigenvalue weighted by Gasteiger charge is 2.50. The summed E-state index contributed by atoms with van der Waals surface area (Å²) < 4.78 is 2.79. The highest BCUT2D eigenvalue weighted by Crippen LogP contribution is 2.44. The van der Waals surface area contributed by atoms with Crippen molar-refractivity contribution in [1.29, 1.82) is 0 Å². The molecule has 1 N–H and O–H groups in total. The molecule has 7 nitrogen and oxygen atoms in total. The first-order chi connectivity index (χ1) is 12.0. The Morgan fingerprint density at radius 2 is 1.92 bits per heavy atom. The van der Waals surface area contributed by atoms with Crippen molar-refractivity contribution in [1.82, 2.24) is 19.0 Å². The number of nitrogens with one attached hydrogen (secondary N) is 1. The Hall–Kier alpha value is -2.41. The third-order valence-corrected chi connectivity index (χ3v) is 5.42. The van der Waals surface area contributed by atoms with Crippen molar-refractivity contribution in [2.45, 2.75) is 44.7 Å². The number of aromatic nitrogens is 3. The molecule has 0 radical (unpaired) electrons. The van der Waals surface area contributed by atoms with E-state index in [0.717, 1.165) is 19.3 Å². The monoisotopic (exact) mass is 359 g/mol. The molecule has 1 aliphatic heterocycles. The molecule has 0 bridgehead atoms. The number of aryl methyl sites for hydroxylation is 1. The third-order valence-electron chi connectivity index (χ3n) is 4.95. The van der Waals surface area contributed by atoms with Gasteiger partial charge in [-0.25, -0.2) is 14.4 Å². The summed E-state index contributed by atoms with van der Waals surface area (Å²) in [6, 6.07) is 4.95. The fourth-order valence-corrected chi connectivity index (χ4v) is 4.12. The van der Waals surface area contributed by atoms with Gasteiger partial charge in [0, 0.05) is 18.0 Å². The van der Waals surface area contributed by atoms with Crippen LogP contribution in [0.5, 0.6) is 0 Å². The van der Waals surface area contributed by atoms with Gasteiger partial charge < -0.3 is 5.32 Å². The van der Waals surface area contributed by atoms with Crippen LogP contribution < -0.4 is 10.9 Å². The number of hydrogen-bond donors (Lipinski definition) is 1. The number of carbonyl (C=O) groups excluding carboxylic acids is 1. The maximum absolute atomic E-state index is 13.1. The minimum Gasteiger partial charge on any atom is -0.336 e. The van der Waals surface area contributed by atoms with E-state index in [-0.39, 0.29) is 11.5 Å². The molecule has 0 saturated heterocycles. The molecule has 1 aliphatic carbocycles. The first kappa shape index (κ1) is 16.1. The molecule has 3 heterocycles. The van der Waals surface area contributed by atoms with E-state index < -0.39 is 5.66 Å². The van der Waals surface area contributed by atoms with Gasteiger partial charge in [-0.1, -0.05) is 6.42 Å². The van der Waals surface area contributed by atoms with Crippen LogP contribution >= 0.6 is 11.8 Å². The lowest BCUT2D eigenvalue weighted by atomic mass is 9.89. The number of rotatable bonds is 2. The second-order valence-corrected chi connectivity index (χ2v) is 6.85. The smallest absolute Gasteiger partial charge is 0.287 e. The number of carbonyl (C=O) groups is 1. The molecular formula is C17H18ClN5O2. The Labute approximate surface area is 149 Å². The van der Waals surface area contributed by atoms with Gasteiger partial charge in [-0.15, -0.1) is 0 Å². The molecule has 0 atom stereocenters. The van der Waals surface area contributed by atoms with E-state index in [1.54, 1.807) is 35.9 Å². The molecule has 1 fully saturated rings. The average molecular weight is 360 g/mol. The van der Waals surface area contributed by atoms with Gasteiger partial charge in [-0.05, 0) is 50.8 Å². The summed E-state index contributed by atoms with van der Waals surface area (Å²) in [4.78, 5) is 34.0. The number of anilines is 2. The zero-order valence-electron chi connectivity index (χ0n) is 13.8. The number of fused-ring (bicyclic) bond motifs is 2. The van der Waals surface area contributed by atoms with Crippen LogP contribution in [0.25, 0.3) is 0 Å². The van der Waals surface area contributed by atoms with Crippen molar-refractivity contribution >= 4 is 29.2 Å². The predicted octanol–water partition coefficient (Wildman–Crippen LogP) is 2.92. The van der Waals surface area contributed by atoms with E-state index >= 15 is 0 Å². The van der Waals surface area contributed by atoms with Gasteiger partial charge in [0.15, 0.2) is 0 Å². The molecule has 0 aromatic carbocycles. The van der Waals surface area contributed by atoms with E-state index in [2.05, 4.69) is 15.3 Å². The van der Waals surface area contributed by atoms with Crippen molar-refractivity contribution in [3.8, 4) is 0 Å². The van der Waals surface area contributed by atoms with Crippen LogP contribution in [0.15, 0.2) is 29.2 Å². The van der Waals surface area contributed by atoms with Crippen LogP contribution in [-0.2, 0) is 5.66 Å². The lowest BCUT2D eigenvalue weighted by molar-refractivity contribution is 0.0553. The van der Waals surface area contributed by atoms with Crippen molar-refractivity contribution in [3.05, 3.63) is 46.3 Å². The summed E-state index contributed by atoms with van der Waals surface area (Å²) in [6.45, 7) is 1.78. The molecule has 1 amide bonds. The SMILES string of the molecule is Cc1nccc(Nc2ccc3n(c2=O)C2(CCCCC2)N(Cl)C3=O)n1. The minimum atomic E-state index is -0.761. The third kappa shape index (κ3) is 2.41. The van der Waals surface area contributed by atoms with Gasteiger partial charge >= 0.3 is 0 Å². The normalized spacial score (nSPS) is 18.5. The second kappa shape index (κ2) is 5.84. The quantitative estimate of drug-likeness (QED) is 0.834.